The zero-order valence-corrected chi connectivity index (χ0v) is 19.8. The minimum Gasteiger partial charge on any atom is -0.495 e. The molecule has 0 spiro atoms. The predicted molar refractivity (Wildman–Crippen MR) is 128 cm³/mol. The van der Waals surface area contributed by atoms with Crippen LogP contribution in [0.2, 0.25) is 5.02 Å². The number of nitrogens with zero attached hydrogens (tertiary/aromatic N) is 1. The van der Waals surface area contributed by atoms with Gasteiger partial charge in [0, 0.05) is 12.1 Å². The number of benzene rings is 3. The van der Waals surface area contributed by atoms with Gasteiger partial charge in [0.15, 0.2) is 0 Å². The smallest absolute Gasteiger partial charge is 0.251 e. The third-order valence-electron chi connectivity index (χ3n) is 4.98. The van der Waals surface area contributed by atoms with Crippen LogP contribution < -0.4 is 14.4 Å². The molecule has 0 heterocycles. The van der Waals surface area contributed by atoms with E-state index in [9.17, 15) is 17.6 Å². The van der Waals surface area contributed by atoms with E-state index >= 15 is 0 Å². The fourth-order valence-electron chi connectivity index (χ4n) is 3.21. The quantitative estimate of drug-likeness (QED) is 0.481. The second-order valence-electron chi connectivity index (χ2n) is 7.42. The number of sulfonamides is 1. The van der Waals surface area contributed by atoms with Gasteiger partial charge in [-0.3, -0.25) is 9.10 Å². The van der Waals surface area contributed by atoms with Gasteiger partial charge in [-0.2, -0.15) is 0 Å². The first-order chi connectivity index (χ1) is 15.7. The van der Waals surface area contributed by atoms with Gasteiger partial charge in [-0.05, 0) is 60.0 Å². The van der Waals surface area contributed by atoms with Crippen LogP contribution in [0.15, 0.2) is 66.7 Å². The Labute approximate surface area is 198 Å². The van der Waals surface area contributed by atoms with Crippen LogP contribution in [0.5, 0.6) is 5.75 Å². The molecule has 0 atom stereocenters. The molecule has 0 saturated carbocycles. The Morgan fingerprint density at radius 2 is 1.67 bits per heavy atom. The average molecular weight is 491 g/mol. The minimum absolute atomic E-state index is 0.0773. The molecule has 6 nitrogen and oxygen atoms in total. The largest absolute Gasteiger partial charge is 0.495 e. The summed E-state index contributed by atoms with van der Waals surface area (Å²) in [6.45, 7) is 0.486. The maximum absolute atomic E-state index is 13.0. The highest BCUT2D eigenvalue weighted by molar-refractivity contribution is 7.92. The zero-order valence-electron chi connectivity index (χ0n) is 18.2. The highest BCUT2D eigenvalue weighted by Gasteiger charge is 2.19. The lowest BCUT2D eigenvalue weighted by Gasteiger charge is -2.23. The van der Waals surface area contributed by atoms with Gasteiger partial charge in [0.2, 0.25) is 10.0 Å². The van der Waals surface area contributed by atoms with Gasteiger partial charge in [-0.25, -0.2) is 12.8 Å². The van der Waals surface area contributed by atoms with Crippen molar-refractivity contribution in [3.05, 3.63) is 94.3 Å². The number of carbonyl (C=O) groups excluding carboxylic acids is 1. The summed E-state index contributed by atoms with van der Waals surface area (Å²) >= 11 is 6.16. The van der Waals surface area contributed by atoms with Crippen molar-refractivity contribution in [1.29, 1.82) is 0 Å². The van der Waals surface area contributed by atoms with Crippen LogP contribution in [0.1, 0.15) is 21.5 Å². The van der Waals surface area contributed by atoms with Gasteiger partial charge in [0.25, 0.3) is 5.91 Å². The topological polar surface area (TPSA) is 75.7 Å². The first-order valence-corrected chi connectivity index (χ1v) is 12.3. The predicted octanol–water partition coefficient (Wildman–Crippen LogP) is 4.43. The molecule has 1 N–H and O–H groups in total. The second-order valence-corrected chi connectivity index (χ2v) is 9.73. The van der Waals surface area contributed by atoms with Gasteiger partial charge in [0.1, 0.15) is 11.6 Å². The van der Waals surface area contributed by atoms with Gasteiger partial charge in [0.05, 0.1) is 30.6 Å². The number of methoxy groups -OCH3 is 1. The van der Waals surface area contributed by atoms with Crippen molar-refractivity contribution >= 4 is 33.2 Å². The van der Waals surface area contributed by atoms with E-state index in [1.165, 1.54) is 29.6 Å². The van der Waals surface area contributed by atoms with E-state index in [1.54, 1.807) is 48.5 Å². The van der Waals surface area contributed by atoms with Crippen molar-refractivity contribution in [3.63, 3.8) is 0 Å². The molecule has 3 aromatic rings. The maximum Gasteiger partial charge on any atom is 0.251 e. The molecule has 0 radical (unpaired) electrons. The fraction of sp³-hybridized carbons (Fsp3) is 0.208. The van der Waals surface area contributed by atoms with E-state index in [0.29, 0.717) is 40.6 Å². The van der Waals surface area contributed by atoms with Gasteiger partial charge in [-0.1, -0.05) is 35.9 Å². The monoisotopic (exact) mass is 490 g/mol. The van der Waals surface area contributed by atoms with Crippen LogP contribution in [-0.4, -0.2) is 34.2 Å². The molecule has 0 aliphatic heterocycles. The Morgan fingerprint density at radius 1 is 1.03 bits per heavy atom. The summed E-state index contributed by atoms with van der Waals surface area (Å²) in [5, 5.41) is 3.13. The number of carbonyl (C=O) groups is 1. The van der Waals surface area contributed by atoms with Gasteiger partial charge < -0.3 is 10.1 Å². The van der Waals surface area contributed by atoms with E-state index in [4.69, 9.17) is 16.3 Å². The number of nitrogens with one attached hydrogen (secondary N) is 1. The number of hydrogen-bond acceptors (Lipinski definition) is 4. The molecule has 1 amide bonds. The van der Waals surface area contributed by atoms with Crippen LogP contribution >= 0.6 is 11.6 Å². The molecule has 3 rings (SSSR count). The van der Waals surface area contributed by atoms with Crippen LogP contribution in [0.4, 0.5) is 10.1 Å². The van der Waals surface area contributed by atoms with Crippen molar-refractivity contribution < 1.29 is 22.3 Å². The number of rotatable bonds is 9. The molecule has 0 saturated heterocycles. The van der Waals surface area contributed by atoms with Crippen LogP contribution in [0, 0.1) is 5.82 Å². The molecule has 0 aliphatic carbocycles. The standard InChI is InChI=1S/C24H24ClFN2O4S/c1-32-23-12-11-21(15-22(23)25)28(33(2,30)31)16-18-3-7-19(8-4-18)24(29)27-14-13-17-5-9-20(26)10-6-17/h3-12,15H,13-14,16H2,1-2H3,(H,27,29). The average Bonchev–Trinajstić information content (AvgIpc) is 2.78. The van der Waals surface area contributed by atoms with E-state index in [-0.39, 0.29) is 18.3 Å². The number of anilines is 1. The van der Waals surface area contributed by atoms with E-state index in [2.05, 4.69) is 5.32 Å². The lowest BCUT2D eigenvalue weighted by atomic mass is 10.1. The Balaban J connectivity index is 1.65. The number of ether oxygens (including phenoxy) is 1. The first-order valence-electron chi connectivity index (χ1n) is 10.1. The second kappa shape index (κ2) is 10.7. The van der Waals surface area contributed by atoms with Gasteiger partial charge in [-0.15, -0.1) is 0 Å². The highest BCUT2D eigenvalue weighted by Crippen LogP contribution is 2.31. The molecule has 3 aromatic carbocycles. The summed E-state index contributed by atoms with van der Waals surface area (Å²) < 4.78 is 44.1. The van der Waals surface area contributed by atoms with Crippen molar-refractivity contribution in [1.82, 2.24) is 5.32 Å². The maximum atomic E-state index is 13.0. The van der Waals surface area contributed by atoms with Gasteiger partial charge >= 0.3 is 0 Å². The normalized spacial score (nSPS) is 11.2. The Bertz CT molecular complexity index is 1220. The van der Waals surface area contributed by atoms with Crippen LogP contribution in [-0.2, 0) is 23.0 Å². The Morgan fingerprint density at radius 3 is 2.24 bits per heavy atom. The van der Waals surface area contributed by atoms with Crippen molar-refractivity contribution in [2.24, 2.45) is 0 Å². The van der Waals surface area contributed by atoms with Crippen molar-refractivity contribution in [2.45, 2.75) is 13.0 Å². The van der Waals surface area contributed by atoms with E-state index in [1.807, 2.05) is 0 Å². The third-order valence-corrected chi connectivity index (χ3v) is 6.41. The zero-order chi connectivity index (χ0) is 24.0. The van der Waals surface area contributed by atoms with Crippen molar-refractivity contribution in [2.75, 3.05) is 24.2 Å². The van der Waals surface area contributed by atoms with Crippen molar-refractivity contribution in [3.8, 4) is 5.75 Å². The summed E-state index contributed by atoms with van der Waals surface area (Å²) in [4.78, 5) is 12.4. The lowest BCUT2D eigenvalue weighted by molar-refractivity contribution is 0.0954. The molecule has 0 aliphatic rings. The van der Waals surface area contributed by atoms with E-state index < -0.39 is 10.0 Å². The van der Waals surface area contributed by atoms with E-state index in [0.717, 1.165) is 11.8 Å². The molecular formula is C24H24ClFN2O4S. The summed E-state index contributed by atoms with van der Waals surface area (Å²) in [6.07, 6.45) is 1.70. The molecule has 0 fully saturated rings. The molecule has 0 bridgehead atoms. The Kier molecular flexibility index (Phi) is 7.94. The molecule has 0 unspecified atom stereocenters. The summed E-state index contributed by atoms with van der Waals surface area (Å²) in [6, 6.07) is 17.6. The van der Waals surface area contributed by atoms with Crippen LogP contribution in [0.25, 0.3) is 0 Å². The molecule has 33 heavy (non-hydrogen) atoms. The first kappa shape index (κ1) is 24.5. The molecule has 9 heteroatoms. The third kappa shape index (κ3) is 6.69. The SMILES string of the molecule is COc1ccc(N(Cc2ccc(C(=O)NCCc3ccc(F)cc3)cc2)S(C)(=O)=O)cc1Cl. The lowest BCUT2D eigenvalue weighted by Crippen LogP contribution is -2.29. The fourth-order valence-corrected chi connectivity index (χ4v) is 4.34. The summed E-state index contributed by atoms with van der Waals surface area (Å²) in [5.74, 6) is -0.0957. The molecule has 0 aromatic heterocycles. The summed E-state index contributed by atoms with van der Waals surface area (Å²) in [7, 11) is -2.11. The highest BCUT2D eigenvalue weighted by atomic mass is 35.5. The number of hydrogen-bond donors (Lipinski definition) is 1. The van der Waals surface area contributed by atoms with Crippen LogP contribution in [0.3, 0.4) is 0 Å². The number of halogens is 2. The number of amides is 1. The minimum atomic E-state index is -3.59. The molecular weight excluding hydrogens is 467 g/mol. The molecule has 174 valence electrons. The Hall–Kier alpha value is -3.10. The summed E-state index contributed by atoms with van der Waals surface area (Å²) in [5.41, 5.74) is 2.49.